The second-order valence-corrected chi connectivity index (χ2v) is 9.01. The number of hydrogen-bond acceptors (Lipinski definition) is 3. The summed E-state index contributed by atoms with van der Waals surface area (Å²) in [6, 6.07) is 20.7. The number of hydrogen-bond donors (Lipinski definition) is 0. The molecule has 2 aliphatic heterocycles. The highest BCUT2D eigenvalue weighted by atomic mass is 16.2. The fraction of sp³-hybridized carbons (Fsp3) is 0.385. The molecular formula is C26H29N3O. The Kier molecular flexibility index (Phi) is 5.26. The molecule has 4 heteroatoms. The molecule has 2 aliphatic rings. The minimum atomic E-state index is 0.131. The van der Waals surface area contributed by atoms with Crippen LogP contribution in [-0.4, -0.2) is 53.4 Å². The van der Waals surface area contributed by atoms with Gasteiger partial charge in [0.25, 0.3) is 5.91 Å². The van der Waals surface area contributed by atoms with Gasteiger partial charge < -0.3 is 9.80 Å². The number of aromatic nitrogens is 1. The molecule has 0 saturated carbocycles. The number of carbonyl (C=O) groups excluding carboxylic acids is 1. The van der Waals surface area contributed by atoms with Gasteiger partial charge in [-0.3, -0.25) is 9.78 Å². The van der Waals surface area contributed by atoms with Crippen molar-refractivity contribution in [1.82, 2.24) is 14.8 Å². The Labute approximate surface area is 178 Å². The predicted octanol–water partition coefficient (Wildman–Crippen LogP) is 4.41. The second kappa shape index (κ2) is 8.19. The van der Waals surface area contributed by atoms with E-state index in [1.165, 1.54) is 24.9 Å². The number of fused-ring (bicyclic) bond motifs is 1. The smallest absolute Gasteiger partial charge is 0.255 e. The van der Waals surface area contributed by atoms with E-state index in [9.17, 15) is 4.79 Å². The highest BCUT2D eigenvalue weighted by Gasteiger charge is 2.42. The third-order valence-electron chi connectivity index (χ3n) is 6.86. The minimum absolute atomic E-state index is 0.131. The topological polar surface area (TPSA) is 36.4 Å². The van der Waals surface area contributed by atoms with E-state index < -0.39 is 0 Å². The summed E-state index contributed by atoms with van der Waals surface area (Å²) in [5, 5.41) is 1.03. The average molecular weight is 400 g/mol. The van der Waals surface area contributed by atoms with Gasteiger partial charge in [0.2, 0.25) is 0 Å². The van der Waals surface area contributed by atoms with E-state index in [0.29, 0.717) is 5.56 Å². The van der Waals surface area contributed by atoms with Crippen LogP contribution in [0.3, 0.4) is 0 Å². The van der Waals surface area contributed by atoms with Crippen molar-refractivity contribution in [2.45, 2.75) is 25.7 Å². The molecule has 2 aromatic carbocycles. The normalized spacial score (nSPS) is 22.1. The molecule has 4 nitrogen and oxygen atoms in total. The summed E-state index contributed by atoms with van der Waals surface area (Å²) >= 11 is 0. The van der Waals surface area contributed by atoms with Crippen LogP contribution in [0.5, 0.6) is 0 Å². The van der Waals surface area contributed by atoms with Gasteiger partial charge in [0, 0.05) is 43.2 Å². The molecule has 3 heterocycles. The van der Waals surface area contributed by atoms with Crippen LogP contribution >= 0.6 is 0 Å². The summed E-state index contributed by atoms with van der Waals surface area (Å²) in [5.74, 6) is 0.131. The zero-order valence-corrected chi connectivity index (χ0v) is 17.5. The summed E-state index contributed by atoms with van der Waals surface area (Å²) in [7, 11) is 0. The van der Waals surface area contributed by atoms with Gasteiger partial charge in [0.1, 0.15) is 0 Å². The van der Waals surface area contributed by atoms with E-state index in [2.05, 4.69) is 45.1 Å². The van der Waals surface area contributed by atoms with Gasteiger partial charge in [-0.25, -0.2) is 0 Å². The van der Waals surface area contributed by atoms with E-state index >= 15 is 0 Å². The first-order valence-corrected chi connectivity index (χ1v) is 11.1. The summed E-state index contributed by atoms with van der Waals surface area (Å²) < 4.78 is 0. The van der Waals surface area contributed by atoms with Crippen molar-refractivity contribution in [2.24, 2.45) is 5.41 Å². The summed E-state index contributed by atoms with van der Waals surface area (Å²) in [6.07, 6.45) is 6.41. The first-order chi connectivity index (χ1) is 14.7. The van der Waals surface area contributed by atoms with E-state index in [1.807, 2.05) is 30.3 Å². The van der Waals surface area contributed by atoms with Gasteiger partial charge in [-0.1, -0.05) is 48.5 Å². The molecule has 5 rings (SSSR count). The monoisotopic (exact) mass is 399 g/mol. The molecule has 1 aromatic heterocycles. The second-order valence-electron chi connectivity index (χ2n) is 9.01. The molecule has 154 valence electrons. The SMILES string of the molecule is O=C(c1cnc2ccccc2c1)N1CC[C@@]2(CCCN(CCc3ccccc3)C2)C1. The van der Waals surface area contributed by atoms with Crippen LogP contribution < -0.4 is 0 Å². The number of nitrogens with zero attached hydrogens (tertiary/aromatic N) is 3. The Morgan fingerprint density at radius 3 is 2.70 bits per heavy atom. The minimum Gasteiger partial charge on any atom is -0.338 e. The summed E-state index contributed by atoms with van der Waals surface area (Å²) in [6.45, 7) is 5.13. The Morgan fingerprint density at radius 2 is 1.80 bits per heavy atom. The largest absolute Gasteiger partial charge is 0.338 e. The first kappa shape index (κ1) is 19.3. The van der Waals surface area contributed by atoms with Gasteiger partial charge in [-0.15, -0.1) is 0 Å². The van der Waals surface area contributed by atoms with Gasteiger partial charge >= 0.3 is 0 Å². The first-order valence-electron chi connectivity index (χ1n) is 11.1. The zero-order chi connectivity index (χ0) is 20.4. The lowest BCUT2D eigenvalue weighted by molar-refractivity contribution is 0.0692. The Morgan fingerprint density at radius 1 is 0.967 bits per heavy atom. The molecule has 1 spiro atoms. The number of benzene rings is 2. The fourth-order valence-corrected chi connectivity index (χ4v) is 5.25. The molecule has 1 atom stereocenters. The van der Waals surface area contributed by atoms with Gasteiger partial charge in [0.15, 0.2) is 0 Å². The van der Waals surface area contributed by atoms with Crippen molar-refractivity contribution in [2.75, 3.05) is 32.7 Å². The van der Waals surface area contributed by atoms with E-state index in [-0.39, 0.29) is 11.3 Å². The number of carbonyl (C=O) groups is 1. The average Bonchev–Trinajstić information content (AvgIpc) is 3.20. The Hall–Kier alpha value is -2.72. The molecule has 0 unspecified atom stereocenters. The number of likely N-dealkylation sites (tertiary alicyclic amines) is 2. The summed E-state index contributed by atoms with van der Waals surface area (Å²) in [4.78, 5) is 22.3. The lowest BCUT2D eigenvalue weighted by Crippen LogP contribution is -2.46. The van der Waals surface area contributed by atoms with Crippen molar-refractivity contribution in [3.05, 3.63) is 78.0 Å². The molecule has 0 bridgehead atoms. The number of piperidine rings is 1. The molecule has 2 fully saturated rings. The number of amides is 1. The van der Waals surface area contributed by atoms with Crippen LogP contribution in [0.4, 0.5) is 0 Å². The number of para-hydroxylation sites is 1. The van der Waals surface area contributed by atoms with Gasteiger partial charge in [0.05, 0.1) is 11.1 Å². The van der Waals surface area contributed by atoms with Crippen molar-refractivity contribution >= 4 is 16.8 Å². The molecule has 30 heavy (non-hydrogen) atoms. The number of rotatable bonds is 4. The molecule has 1 amide bonds. The lowest BCUT2D eigenvalue weighted by Gasteiger charge is -2.40. The molecule has 0 radical (unpaired) electrons. The third-order valence-corrected chi connectivity index (χ3v) is 6.86. The standard InChI is InChI=1S/C26H29N3O/c30-25(23-17-22-9-4-5-10-24(22)27-18-23)29-16-13-26(20-29)12-6-14-28(19-26)15-11-21-7-2-1-3-8-21/h1-5,7-10,17-18H,6,11-16,19-20H2/t26-/m1/s1. The highest BCUT2D eigenvalue weighted by Crippen LogP contribution is 2.39. The van der Waals surface area contributed by atoms with Crippen LogP contribution in [0.2, 0.25) is 0 Å². The molecule has 3 aromatic rings. The van der Waals surface area contributed by atoms with E-state index in [1.54, 1.807) is 6.20 Å². The van der Waals surface area contributed by atoms with Crippen LogP contribution in [0.15, 0.2) is 66.9 Å². The van der Waals surface area contributed by atoms with Crippen molar-refractivity contribution < 1.29 is 4.79 Å². The zero-order valence-electron chi connectivity index (χ0n) is 17.5. The highest BCUT2D eigenvalue weighted by molar-refractivity contribution is 5.97. The van der Waals surface area contributed by atoms with Crippen LogP contribution in [0.25, 0.3) is 10.9 Å². The molecular weight excluding hydrogens is 370 g/mol. The molecule has 2 saturated heterocycles. The van der Waals surface area contributed by atoms with E-state index in [0.717, 1.165) is 49.9 Å². The van der Waals surface area contributed by atoms with Crippen molar-refractivity contribution in [1.29, 1.82) is 0 Å². The van der Waals surface area contributed by atoms with E-state index in [4.69, 9.17) is 0 Å². The van der Waals surface area contributed by atoms with Gasteiger partial charge in [-0.2, -0.15) is 0 Å². The van der Waals surface area contributed by atoms with Crippen LogP contribution in [-0.2, 0) is 6.42 Å². The van der Waals surface area contributed by atoms with Crippen LogP contribution in [0.1, 0.15) is 35.2 Å². The maximum atomic E-state index is 13.2. The molecule has 0 aliphatic carbocycles. The third kappa shape index (κ3) is 3.97. The fourth-order valence-electron chi connectivity index (χ4n) is 5.25. The van der Waals surface area contributed by atoms with Gasteiger partial charge in [-0.05, 0) is 49.9 Å². The van der Waals surface area contributed by atoms with Crippen LogP contribution in [0, 0.1) is 5.41 Å². The maximum absolute atomic E-state index is 13.2. The number of pyridine rings is 1. The quantitative estimate of drug-likeness (QED) is 0.652. The Bertz CT molecular complexity index is 1030. The van der Waals surface area contributed by atoms with Crippen molar-refractivity contribution in [3.8, 4) is 0 Å². The predicted molar refractivity (Wildman–Crippen MR) is 121 cm³/mol. The molecule has 0 N–H and O–H groups in total. The van der Waals surface area contributed by atoms with Crippen molar-refractivity contribution in [3.63, 3.8) is 0 Å². The lowest BCUT2D eigenvalue weighted by atomic mass is 9.79. The maximum Gasteiger partial charge on any atom is 0.255 e. The Balaban J connectivity index is 1.24. The summed E-state index contributed by atoms with van der Waals surface area (Å²) in [5.41, 5.74) is 3.31.